The van der Waals surface area contributed by atoms with E-state index in [2.05, 4.69) is 20.9 Å². The van der Waals surface area contributed by atoms with Gasteiger partial charge >= 0.3 is 7.12 Å². The van der Waals surface area contributed by atoms with E-state index in [4.69, 9.17) is 14.8 Å². The van der Waals surface area contributed by atoms with Gasteiger partial charge in [-0.2, -0.15) is 0 Å². The average molecular weight is 354 g/mol. The van der Waals surface area contributed by atoms with Gasteiger partial charge in [0, 0.05) is 16.4 Å². The molecule has 0 spiro atoms. The molecule has 2 aromatic rings. The predicted molar refractivity (Wildman–Crippen MR) is 84.4 cm³/mol. The molecule has 7 heteroatoms. The number of thioether (sulfide) groups is 1. The summed E-state index contributed by atoms with van der Waals surface area (Å²) in [7, 11) is -1.47. The highest BCUT2D eigenvalue weighted by Gasteiger charge is 2.10. The summed E-state index contributed by atoms with van der Waals surface area (Å²) in [5.41, 5.74) is 0.421. The number of benzene rings is 1. The summed E-state index contributed by atoms with van der Waals surface area (Å²) in [6.45, 7) is 0.521. The fraction of sp³-hybridized carbons (Fsp3) is 0.154. The summed E-state index contributed by atoms with van der Waals surface area (Å²) in [6.07, 6.45) is 1.76. The van der Waals surface area contributed by atoms with E-state index in [-0.39, 0.29) is 0 Å². The molecule has 2 rings (SSSR count). The number of pyridine rings is 1. The predicted octanol–water partition coefficient (Wildman–Crippen LogP) is 1.69. The third-order valence-corrected chi connectivity index (χ3v) is 3.84. The number of rotatable bonds is 6. The van der Waals surface area contributed by atoms with Gasteiger partial charge in [-0.05, 0) is 45.7 Å². The van der Waals surface area contributed by atoms with E-state index in [1.807, 2.05) is 12.1 Å². The number of aromatic nitrogens is 1. The van der Waals surface area contributed by atoms with Gasteiger partial charge < -0.3 is 14.8 Å². The second kappa shape index (κ2) is 7.68. The zero-order valence-electron chi connectivity index (χ0n) is 10.6. The number of ether oxygens (including phenoxy) is 1. The Balaban J connectivity index is 1.78. The van der Waals surface area contributed by atoms with Crippen molar-refractivity contribution < 1.29 is 14.8 Å². The Kier molecular flexibility index (Phi) is 5.91. The van der Waals surface area contributed by atoms with Crippen molar-refractivity contribution in [1.29, 1.82) is 0 Å². The molecule has 0 saturated carbocycles. The minimum atomic E-state index is -1.47. The van der Waals surface area contributed by atoms with Crippen LogP contribution in [-0.2, 0) is 0 Å². The van der Waals surface area contributed by atoms with Crippen LogP contribution in [-0.4, -0.2) is 34.5 Å². The van der Waals surface area contributed by atoms with Crippen LogP contribution in [0, 0.1) is 0 Å². The van der Waals surface area contributed by atoms with Gasteiger partial charge in [0.15, 0.2) is 0 Å². The van der Waals surface area contributed by atoms with E-state index in [9.17, 15) is 0 Å². The van der Waals surface area contributed by atoms with Crippen LogP contribution in [0.15, 0.2) is 52.1 Å². The van der Waals surface area contributed by atoms with Gasteiger partial charge in [-0.1, -0.05) is 12.1 Å². The lowest BCUT2D eigenvalue weighted by Gasteiger charge is -2.07. The normalized spacial score (nSPS) is 10.3. The van der Waals surface area contributed by atoms with E-state index >= 15 is 0 Å². The van der Waals surface area contributed by atoms with Gasteiger partial charge in [0.1, 0.15) is 5.75 Å². The van der Waals surface area contributed by atoms with Gasteiger partial charge in [0.25, 0.3) is 0 Å². The van der Waals surface area contributed by atoms with Crippen LogP contribution in [0.4, 0.5) is 0 Å². The average Bonchev–Trinajstić information content (AvgIpc) is 2.46. The standard InChI is InChI=1S/C13H13BBrNO3S/c15-11-4-5-13(16-9-11)20-7-6-19-12-3-1-2-10(8-12)14(17)18/h1-5,8-9,17-18H,6-7H2. The first-order valence-electron chi connectivity index (χ1n) is 5.98. The molecule has 4 nitrogen and oxygen atoms in total. The number of hydrogen-bond acceptors (Lipinski definition) is 5. The van der Waals surface area contributed by atoms with E-state index in [1.54, 1.807) is 42.2 Å². The van der Waals surface area contributed by atoms with Gasteiger partial charge in [-0.25, -0.2) is 4.98 Å². The van der Waals surface area contributed by atoms with Crippen LogP contribution in [0.3, 0.4) is 0 Å². The maximum Gasteiger partial charge on any atom is 0.488 e. The zero-order chi connectivity index (χ0) is 14.4. The third-order valence-electron chi connectivity index (χ3n) is 2.46. The second-order valence-corrected chi connectivity index (χ2v) is 5.99. The highest BCUT2D eigenvalue weighted by molar-refractivity contribution is 9.10. The van der Waals surface area contributed by atoms with Crippen molar-refractivity contribution in [1.82, 2.24) is 4.98 Å². The van der Waals surface area contributed by atoms with E-state index in [1.165, 1.54) is 0 Å². The Bertz CT molecular complexity index is 554. The summed E-state index contributed by atoms with van der Waals surface area (Å²) in [4.78, 5) is 4.25. The van der Waals surface area contributed by atoms with Crippen molar-refractivity contribution in [2.75, 3.05) is 12.4 Å². The Morgan fingerprint density at radius 3 is 2.80 bits per heavy atom. The minimum absolute atomic E-state index is 0.421. The van der Waals surface area contributed by atoms with Crippen molar-refractivity contribution in [3.05, 3.63) is 47.1 Å². The highest BCUT2D eigenvalue weighted by atomic mass is 79.9. The van der Waals surface area contributed by atoms with Crippen LogP contribution in [0.1, 0.15) is 0 Å². The smallest absolute Gasteiger partial charge is 0.488 e. The molecule has 104 valence electrons. The van der Waals surface area contributed by atoms with Crippen molar-refractivity contribution >= 4 is 40.3 Å². The van der Waals surface area contributed by atoms with E-state index in [0.29, 0.717) is 17.8 Å². The van der Waals surface area contributed by atoms with Crippen molar-refractivity contribution in [2.24, 2.45) is 0 Å². The molecule has 0 radical (unpaired) electrons. The quantitative estimate of drug-likeness (QED) is 0.470. The summed E-state index contributed by atoms with van der Waals surface area (Å²) < 4.78 is 6.52. The third kappa shape index (κ3) is 4.83. The number of nitrogens with zero attached hydrogens (tertiary/aromatic N) is 1. The van der Waals surface area contributed by atoms with Crippen LogP contribution in [0.5, 0.6) is 5.75 Å². The molecular formula is C13H13BBrNO3S. The molecular weight excluding hydrogens is 341 g/mol. The van der Waals surface area contributed by atoms with Crippen LogP contribution in [0.25, 0.3) is 0 Å². The van der Waals surface area contributed by atoms with Crippen LogP contribution >= 0.6 is 27.7 Å². The summed E-state index contributed by atoms with van der Waals surface area (Å²) in [5, 5.41) is 19.1. The maximum absolute atomic E-state index is 9.07. The van der Waals surface area contributed by atoms with E-state index in [0.717, 1.165) is 15.3 Å². The Labute approximate surface area is 130 Å². The zero-order valence-corrected chi connectivity index (χ0v) is 13.0. The molecule has 0 unspecified atom stereocenters. The summed E-state index contributed by atoms with van der Waals surface area (Å²) in [6, 6.07) is 10.7. The molecule has 0 aliphatic heterocycles. The van der Waals surface area contributed by atoms with Crippen molar-refractivity contribution in [2.45, 2.75) is 5.03 Å². The van der Waals surface area contributed by atoms with E-state index < -0.39 is 7.12 Å². The monoisotopic (exact) mass is 353 g/mol. The van der Waals surface area contributed by atoms with Crippen LogP contribution in [0.2, 0.25) is 0 Å². The molecule has 1 aromatic carbocycles. The largest absolute Gasteiger partial charge is 0.493 e. The summed E-state index contributed by atoms with van der Waals surface area (Å²) in [5.74, 6) is 1.39. The van der Waals surface area contributed by atoms with Gasteiger partial charge in [0.05, 0.1) is 11.6 Å². The van der Waals surface area contributed by atoms with Gasteiger partial charge in [0.2, 0.25) is 0 Å². The molecule has 2 N–H and O–H groups in total. The molecule has 0 aliphatic carbocycles. The van der Waals surface area contributed by atoms with Gasteiger partial charge in [-0.3, -0.25) is 0 Å². The Morgan fingerprint density at radius 2 is 2.10 bits per heavy atom. The van der Waals surface area contributed by atoms with Crippen molar-refractivity contribution in [3.63, 3.8) is 0 Å². The molecule has 0 saturated heterocycles. The molecule has 1 heterocycles. The molecule has 0 aliphatic rings. The first-order chi connectivity index (χ1) is 9.65. The number of halogens is 1. The fourth-order valence-corrected chi connectivity index (χ4v) is 2.42. The molecule has 1 aromatic heterocycles. The first kappa shape index (κ1) is 15.4. The second-order valence-electron chi connectivity index (χ2n) is 3.96. The van der Waals surface area contributed by atoms with Crippen molar-refractivity contribution in [3.8, 4) is 5.75 Å². The number of hydrogen-bond donors (Lipinski definition) is 2. The Hall–Kier alpha value is -1.02. The maximum atomic E-state index is 9.07. The molecule has 0 fully saturated rings. The topological polar surface area (TPSA) is 62.6 Å². The summed E-state index contributed by atoms with van der Waals surface area (Å²) >= 11 is 4.94. The molecule has 0 bridgehead atoms. The van der Waals surface area contributed by atoms with Gasteiger partial charge in [-0.15, -0.1) is 11.8 Å². The SMILES string of the molecule is OB(O)c1cccc(OCCSc2ccc(Br)cn2)c1. The molecule has 0 atom stereocenters. The highest BCUT2D eigenvalue weighted by Crippen LogP contribution is 2.17. The molecule has 20 heavy (non-hydrogen) atoms. The van der Waals surface area contributed by atoms with Crippen LogP contribution < -0.4 is 10.2 Å². The lowest BCUT2D eigenvalue weighted by molar-refractivity contribution is 0.344. The lowest BCUT2D eigenvalue weighted by atomic mass is 9.80. The fourth-order valence-electron chi connectivity index (χ4n) is 1.52. The molecule has 0 amide bonds. The minimum Gasteiger partial charge on any atom is -0.493 e. The lowest BCUT2D eigenvalue weighted by Crippen LogP contribution is -2.29. The Morgan fingerprint density at radius 1 is 1.25 bits per heavy atom. The first-order valence-corrected chi connectivity index (χ1v) is 7.76.